The first-order valence-electron chi connectivity index (χ1n) is 11.8. The van der Waals surface area contributed by atoms with Gasteiger partial charge in [-0.2, -0.15) is 5.10 Å². The minimum atomic E-state index is -1.30. The molecule has 0 saturated carbocycles. The zero-order valence-corrected chi connectivity index (χ0v) is 22.0. The molecular formula is C27H32ClN3O5. The van der Waals surface area contributed by atoms with Crippen molar-refractivity contribution in [2.75, 3.05) is 27.3 Å². The lowest BCUT2D eigenvalue weighted by Gasteiger charge is -2.37. The lowest BCUT2D eigenvalue weighted by molar-refractivity contribution is -0.0382. The van der Waals surface area contributed by atoms with Gasteiger partial charge in [-0.15, -0.1) is 0 Å². The lowest BCUT2D eigenvalue weighted by atomic mass is 9.88. The van der Waals surface area contributed by atoms with E-state index in [2.05, 4.69) is 0 Å². The number of rotatable bonds is 5. The van der Waals surface area contributed by atoms with E-state index in [-0.39, 0.29) is 12.8 Å². The molecular weight excluding hydrogens is 482 g/mol. The second-order valence-corrected chi connectivity index (χ2v) is 10.2. The highest BCUT2D eigenvalue weighted by molar-refractivity contribution is 6.34. The zero-order valence-electron chi connectivity index (χ0n) is 21.2. The minimum Gasteiger partial charge on any atom is -0.497 e. The van der Waals surface area contributed by atoms with Gasteiger partial charge in [-0.25, -0.2) is 9.48 Å². The molecule has 0 bridgehead atoms. The van der Waals surface area contributed by atoms with Crippen LogP contribution in [0.15, 0.2) is 48.5 Å². The molecule has 1 saturated heterocycles. The second-order valence-electron chi connectivity index (χ2n) is 9.85. The van der Waals surface area contributed by atoms with Crippen LogP contribution in [0.25, 0.3) is 16.9 Å². The molecule has 1 N–H and O–H groups in total. The van der Waals surface area contributed by atoms with E-state index in [0.717, 1.165) is 22.7 Å². The standard InChI is InChI=1S/C27H32ClN3O5/c1-26(2,3)36-25(32)30-16-14-27(33,15-17-30)24-22(28)23(18-6-10-20(34-4)11-7-18)31(29-24)19-8-12-21(35-5)13-9-19/h6-13,33H,14-17H2,1-5H3. The fourth-order valence-corrected chi connectivity index (χ4v) is 4.63. The number of benzene rings is 2. The number of hydrogen-bond donors (Lipinski definition) is 1. The van der Waals surface area contributed by atoms with E-state index in [4.69, 9.17) is 30.9 Å². The molecule has 1 aromatic heterocycles. The third-order valence-corrected chi connectivity index (χ3v) is 6.55. The summed E-state index contributed by atoms with van der Waals surface area (Å²) in [5, 5.41) is 16.8. The van der Waals surface area contributed by atoms with Gasteiger partial charge in [-0.05, 0) is 82.1 Å². The van der Waals surface area contributed by atoms with Gasteiger partial charge in [0.25, 0.3) is 0 Å². The number of ether oxygens (including phenoxy) is 3. The SMILES string of the molecule is COc1ccc(-c2c(Cl)c(C3(O)CCN(C(=O)OC(C)(C)C)CC3)nn2-c2ccc(OC)cc2)cc1. The summed E-state index contributed by atoms with van der Waals surface area (Å²) in [6, 6.07) is 15.0. The van der Waals surface area contributed by atoms with Crippen molar-refractivity contribution in [2.45, 2.75) is 44.8 Å². The van der Waals surface area contributed by atoms with Gasteiger partial charge in [-0.3, -0.25) is 0 Å². The number of aromatic nitrogens is 2. The summed E-state index contributed by atoms with van der Waals surface area (Å²) in [6.45, 7) is 6.15. The molecule has 1 amide bonds. The Morgan fingerprint density at radius 2 is 1.50 bits per heavy atom. The van der Waals surface area contributed by atoms with Crippen LogP contribution in [0, 0.1) is 0 Å². The number of halogens is 1. The summed E-state index contributed by atoms with van der Waals surface area (Å²) < 4.78 is 17.8. The normalized spacial score (nSPS) is 15.5. The molecule has 0 spiro atoms. The Hall–Kier alpha value is -3.23. The molecule has 4 rings (SSSR count). The first-order chi connectivity index (χ1) is 17.0. The van der Waals surface area contributed by atoms with Crippen molar-refractivity contribution in [3.63, 3.8) is 0 Å². The molecule has 0 atom stereocenters. The van der Waals surface area contributed by atoms with Gasteiger partial charge in [0.05, 0.1) is 30.6 Å². The Balaban J connectivity index is 1.71. The van der Waals surface area contributed by atoms with Crippen LogP contribution < -0.4 is 9.47 Å². The molecule has 1 fully saturated rings. The summed E-state index contributed by atoms with van der Waals surface area (Å²) in [5.41, 5.74) is 0.749. The molecule has 192 valence electrons. The molecule has 0 unspecified atom stereocenters. The molecule has 2 aromatic carbocycles. The summed E-state index contributed by atoms with van der Waals surface area (Å²) >= 11 is 6.95. The van der Waals surface area contributed by atoms with Gasteiger partial charge in [0, 0.05) is 18.7 Å². The molecule has 8 nitrogen and oxygen atoms in total. The molecule has 1 aliphatic heterocycles. The predicted octanol–water partition coefficient (Wildman–Crippen LogP) is 5.43. The van der Waals surface area contributed by atoms with Gasteiger partial charge in [0.15, 0.2) is 0 Å². The van der Waals surface area contributed by atoms with E-state index < -0.39 is 17.3 Å². The number of methoxy groups -OCH3 is 2. The maximum Gasteiger partial charge on any atom is 0.410 e. The first kappa shape index (κ1) is 25.9. The third kappa shape index (κ3) is 5.29. The van der Waals surface area contributed by atoms with Crippen LogP contribution in [0.4, 0.5) is 4.79 Å². The Morgan fingerprint density at radius 1 is 0.972 bits per heavy atom. The van der Waals surface area contributed by atoms with Crippen LogP contribution in [-0.4, -0.2) is 58.8 Å². The monoisotopic (exact) mass is 513 g/mol. The summed E-state index contributed by atoms with van der Waals surface area (Å²) in [4.78, 5) is 14.1. The van der Waals surface area contributed by atoms with Crippen LogP contribution in [0.3, 0.4) is 0 Å². The van der Waals surface area contributed by atoms with E-state index in [0.29, 0.717) is 29.5 Å². The van der Waals surface area contributed by atoms with Gasteiger partial charge in [0.2, 0.25) is 0 Å². The van der Waals surface area contributed by atoms with Crippen LogP contribution in [0.5, 0.6) is 11.5 Å². The molecule has 2 heterocycles. The highest BCUT2D eigenvalue weighted by atomic mass is 35.5. The smallest absolute Gasteiger partial charge is 0.410 e. The number of likely N-dealkylation sites (tertiary alicyclic amines) is 1. The van der Waals surface area contributed by atoms with Crippen molar-refractivity contribution in [2.24, 2.45) is 0 Å². The van der Waals surface area contributed by atoms with Crippen molar-refractivity contribution in [1.82, 2.24) is 14.7 Å². The predicted molar refractivity (Wildman–Crippen MR) is 138 cm³/mol. The largest absolute Gasteiger partial charge is 0.497 e. The van der Waals surface area contributed by atoms with E-state index in [1.54, 1.807) is 23.8 Å². The molecule has 0 aliphatic carbocycles. The fraction of sp³-hybridized carbons (Fsp3) is 0.407. The number of nitrogens with zero attached hydrogens (tertiary/aromatic N) is 3. The number of carbonyl (C=O) groups excluding carboxylic acids is 1. The van der Waals surface area contributed by atoms with Crippen LogP contribution >= 0.6 is 11.6 Å². The second kappa shape index (κ2) is 10.0. The molecule has 9 heteroatoms. The number of piperidine rings is 1. The third-order valence-electron chi connectivity index (χ3n) is 6.19. The quantitative estimate of drug-likeness (QED) is 0.489. The van der Waals surface area contributed by atoms with Gasteiger partial charge in [-0.1, -0.05) is 11.6 Å². The maximum absolute atomic E-state index is 12.5. The van der Waals surface area contributed by atoms with Gasteiger partial charge in [0.1, 0.15) is 28.4 Å². The van der Waals surface area contributed by atoms with Crippen LogP contribution in [0.2, 0.25) is 5.02 Å². The van der Waals surface area contributed by atoms with Gasteiger partial charge >= 0.3 is 6.09 Å². The Kier molecular flexibility index (Phi) is 7.20. The highest BCUT2D eigenvalue weighted by Gasteiger charge is 2.41. The van der Waals surface area contributed by atoms with Crippen molar-refractivity contribution in [3.8, 4) is 28.4 Å². The number of aliphatic hydroxyl groups is 1. The molecule has 0 radical (unpaired) electrons. The molecule has 3 aromatic rings. The van der Waals surface area contributed by atoms with Crippen LogP contribution in [-0.2, 0) is 10.3 Å². The molecule has 1 aliphatic rings. The Labute approximate surface area is 216 Å². The first-order valence-corrected chi connectivity index (χ1v) is 12.2. The number of carbonyl (C=O) groups is 1. The van der Waals surface area contributed by atoms with E-state index in [1.165, 1.54) is 0 Å². The average molecular weight is 514 g/mol. The van der Waals surface area contributed by atoms with Crippen molar-refractivity contribution >= 4 is 17.7 Å². The average Bonchev–Trinajstić information content (AvgIpc) is 3.21. The zero-order chi connectivity index (χ0) is 26.1. The Bertz CT molecular complexity index is 1210. The topological polar surface area (TPSA) is 86.0 Å². The van der Waals surface area contributed by atoms with Crippen molar-refractivity contribution in [3.05, 3.63) is 59.2 Å². The fourth-order valence-electron chi connectivity index (χ4n) is 4.23. The van der Waals surface area contributed by atoms with Gasteiger partial charge < -0.3 is 24.2 Å². The highest BCUT2D eigenvalue weighted by Crippen LogP contribution is 2.42. The maximum atomic E-state index is 12.5. The van der Waals surface area contributed by atoms with Crippen molar-refractivity contribution < 1.29 is 24.1 Å². The number of hydrogen-bond acceptors (Lipinski definition) is 6. The minimum absolute atomic E-state index is 0.285. The molecule has 36 heavy (non-hydrogen) atoms. The summed E-state index contributed by atoms with van der Waals surface area (Å²) in [6.07, 6.45) is 0.180. The summed E-state index contributed by atoms with van der Waals surface area (Å²) in [5.74, 6) is 1.44. The lowest BCUT2D eigenvalue weighted by Crippen LogP contribution is -2.47. The van der Waals surface area contributed by atoms with E-state index >= 15 is 0 Å². The van der Waals surface area contributed by atoms with E-state index in [1.807, 2.05) is 69.3 Å². The Morgan fingerprint density at radius 3 is 2.00 bits per heavy atom. The van der Waals surface area contributed by atoms with Crippen molar-refractivity contribution in [1.29, 1.82) is 0 Å². The summed E-state index contributed by atoms with van der Waals surface area (Å²) in [7, 11) is 3.22. The number of amides is 1. The van der Waals surface area contributed by atoms with E-state index in [9.17, 15) is 9.90 Å². The van der Waals surface area contributed by atoms with Crippen LogP contribution in [0.1, 0.15) is 39.3 Å².